The Labute approximate surface area is 122 Å². The molecule has 2 saturated heterocycles. The maximum absolute atomic E-state index is 11.9. The van der Waals surface area contributed by atoms with Gasteiger partial charge >= 0.3 is 0 Å². The summed E-state index contributed by atoms with van der Waals surface area (Å²) < 4.78 is 5.67. The van der Waals surface area contributed by atoms with Crippen molar-refractivity contribution >= 4 is 5.91 Å². The van der Waals surface area contributed by atoms with Crippen molar-refractivity contribution in [3.63, 3.8) is 0 Å². The van der Waals surface area contributed by atoms with Gasteiger partial charge in [-0.05, 0) is 58.8 Å². The lowest BCUT2D eigenvalue weighted by atomic mass is 10.1. The van der Waals surface area contributed by atoms with Crippen LogP contribution < -0.4 is 10.6 Å². The van der Waals surface area contributed by atoms with Gasteiger partial charge in [-0.25, -0.2) is 0 Å². The third-order valence-corrected chi connectivity index (χ3v) is 4.12. The fraction of sp³-hybridized carbons (Fsp3) is 0.933. The third kappa shape index (κ3) is 5.77. The Morgan fingerprint density at radius 3 is 2.70 bits per heavy atom. The molecule has 0 aromatic carbocycles. The molecule has 2 rings (SSSR count). The Balaban J connectivity index is 1.57. The van der Waals surface area contributed by atoms with Crippen LogP contribution in [0.25, 0.3) is 0 Å². The van der Waals surface area contributed by atoms with Gasteiger partial charge in [0.25, 0.3) is 0 Å². The number of carbonyl (C=O) groups is 1. The minimum atomic E-state index is 0.0213. The Bertz CT molecular complexity index is 287. The zero-order valence-corrected chi connectivity index (χ0v) is 12.7. The highest BCUT2D eigenvalue weighted by atomic mass is 16.5. The molecule has 0 radical (unpaired) electrons. The van der Waals surface area contributed by atoms with E-state index in [1.54, 1.807) is 0 Å². The second-order valence-electron chi connectivity index (χ2n) is 6.09. The maximum Gasteiger partial charge on any atom is 0.246 e. The van der Waals surface area contributed by atoms with E-state index in [4.69, 9.17) is 4.74 Å². The van der Waals surface area contributed by atoms with Crippen LogP contribution in [0.1, 0.15) is 39.0 Å². The molecule has 0 bridgehead atoms. The van der Waals surface area contributed by atoms with E-state index in [0.29, 0.717) is 0 Å². The minimum Gasteiger partial charge on any atom is -0.368 e. The molecule has 0 spiro atoms. The molecule has 5 heteroatoms. The lowest BCUT2D eigenvalue weighted by Crippen LogP contribution is -2.45. The molecule has 20 heavy (non-hydrogen) atoms. The molecule has 2 N–H and O–H groups in total. The Hall–Kier alpha value is -0.650. The van der Waals surface area contributed by atoms with Crippen molar-refractivity contribution < 1.29 is 9.53 Å². The van der Waals surface area contributed by atoms with E-state index in [1.165, 1.54) is 32.4 Å². The first kappa shape index (κ1) is 15.7. The van der Waals surface area contributed by atoms with Crippen LogP contribution in [0.15, 0.2) is 0 Å². The number of likely N-dealkylation sites (tertiary alicyclic amines) is 1. The number of carbonyl (C=O) groups excluding carboxylic acids is 1. The van der Waals surface area contributed by atoms with Crippen LogP contribution in [0.3, 0.4) is 0 Å². The lowest BCUT2D eigenvalue weighted by Gasteiger charge is -2.29. The summed E-state index contributed by atoms with van der Waals surface area (Å²) in [4.78, 5) is 14.3. The van der Waals surface area contributed by atoms with E-state index >= 15 is 0 Å². The van der Waals surface area contributed by atoms with Crippen molar-refractivity contribution in [2.45, 2.75) is 51.2 Å². The molecule has 0 aliphatic carbocycles. The predicted molar refractivity (Wildman–Crippen MR) is 79.7 cm³/mol. The smallest absolute Gasteiger partial charge is 0.246 e. The molecular weight excluding hydrogens is 254 g/mol. The van der Waals surface area contributed by atoms with Crippen molar-refractivity contribution in [2.24, 2.45) is 0 Å². The first-order valence-corrected chi connectivity index (χ1v) is 8.08. The van der Waals surface area contributed by atoms with Crippen LogP contribution in [0.4, 0.5) is 0 Å². The second kappa shape index (κ2) is 8.60. The molecule has 1 amide bonds. The van der Waals surface area contributed by atoms with Crippen LogP contribution in [-0.4, -0.2) is 62.3 Å². The fourth-order valence-electron chi connectivity index (χ4n) is 3.05. The average molecular weight is 283 g/mol. The number of hydrogen-bond acceptors (Lipinski definition) is 4. The Kier molecular flexibility index (Phi) is 6.76. The Morgan fingerprint density at radius 2 is 2.00 bits per heavy atom. The zero-order valence-electron chi connectivity index (χ0n) is 12.7. The van der Waals surface area contributed by atoms with Crippen molar-refractivity contribution in [3.05, 3.63) is 0 Å². The average Bonchev–Trinajstić information content (AvgIpc) is 2.47. The second-order valence-corrected chi connectivity index (χ2v) is 6.09. The summed E-state index contributed by atoms with van der Waals surface area (Å²) in [5, 5.41) is 6.34. The SMILES string of the molecule is CC(CN1CCCCC1)NC(=O)COC1CCNCC1. The normalized spacial score (nSPS) is 23.4. The molecule has 0 saturated carbocycles. The highest BCUT2D eigenvalue weighted by Crippen LogP contribution is 2.09. The molecule has 2 aliphatic heterocycles. The van der Waals surface area contributed by atoms with E-state index in [-0.39, 0.29) is 24.7 Å². The quantitative estimate of drug-likeness (QED) is 0.755. The standard InChI is InChI=1S/C15H29N3O2/c1-13(11-18-9-3-2-4-10-18)17-15(19)12-20-14-5-7-16-8-6-14/h13-14,16H,2-12H2,1H3,(H,17,19). The molecule has 2 fully saturated rings. The van der Waals surface area contributed by atoms with Gasteiger partial charge in [-0.1, -0.05) is 6.42 Å². The van der Waals surface area contributed by atoms with E-state index in [1.807, 2.05) is 0 Å². The lowest BCUT2D eigenvalue weighted by molar-refractivity contribution is -0.129. The van der Waals surface area contributed by atoms with Gasteiger partial charge < -0.3 is 20.3 Å². The number of nitrogens with one attached hydrogen (secondary N) is 2. The van der Waals surface area contributed by atoms with Crippen LogP contribution in [0.2, 0.25) is 0 Å². The maximum atomic E-state index is 11.9. The summed E-state index contributed by atoms with van der Waals surface area (Å²) in [7, 11) is 0. The molecule has 0 aromatic rings. The largest absolute Gasteiger partial charge is 0.368 e. The molecular formula is C15H29N3O2. The van der Waals surface area contributed by atoms with Gasteiger partial charge in [0.15, 0.2) is 0 Å². The third-order valence-electron chi connectivity index (χ3n) is 4.12. The first-order chi connectivity index (χ1) is 9.74. The summed E-state index contributed by atoms with van der Waals surface area (Å²) in [5.41, 5.74) is 0. The fourth-order valence-corrected chi connectivity index (χ4v) is 3.05. The zero-order chi connectivity index (χ0) is 14.2. The monoisotopic (exact) mass is 283 g/mol. The van der Waals surface area contributed by atoms with Crippen LogP contribution in [0, 0.1) is 0 Å². The molecule has 0 aromatic heterocycles. The predicted octanol–water partition coefficient (Wildman–Crippen LogP) is 0.746. The summed E-state index contributed by atoms with van der Waals surface area (Å²) in [6.45, 7) is 7.58. The number of ether oxygens (including phenoxy) is 1. The van der Waals surface area contributed by atoms with Crippen LogP contribution in [0.5, 0.6) is 0 Å². The summed E-state index contributed by atoms with van der Waals surface area (Å²) >= 11 is 0. The molecule has 5 nitrogen and oxygen atoms in total. The summed E-state index contributed by atoms with van der Waals surface area (Å²) in [5.74, 6) is 0.0213. The van der Waals surface area contributed by atoms with Crippen molar-refractivity contribution in [3.8, 4) is 0 Å². The molecule has 1 unspecified atom stereocenters. The first-order valence-electron chi connectivity index (χ1n) is 8.08. The molecule has 2 aliphatic rings. The van der Waals surface area contributed by atoms with Crippen molar-refractivity contribution in [2.75, 3.05) is 39.3 Å². The van der Waals surface area contributed by atoms with E-state index in [9.17, 15) is 4.79 Å². The summed E-state index contributed by atoms with van der Waals surface area (Å²) in [6, 6.07) is 0.206. The van der Waals surface area contributed by atoms with Gasteiger partial charge in [-0.15, -0.1) is 0 Å². The van der Waals surface area contributed by atoms with Crippen LogP contribution >= 0.6 is 0 Å². The number of hydrogen-bond donors (Lipinski definition) is 2. The highest BCUT2D eigenvalue weighted by molar-refractivity contribution is 5.77. The van der Waals surface area contributed by atoms with Gasteiger partial charge in [0.05, 0.1) is 6.10 Å². The topological polar surface area (TPSA) is 53.6 Å². The van der Waals surface area contributed by atoms with Crippen molar-refractivity contribution in [1.29, 1.82) is 0 Å². The number of rotatable bonds is 6. The Morgan fingerprint density at radius 1 is 1.30 bits per heavy atom. The number of amides is 1. The van der Waals surface area contributed by atoms with E-state index in [2.05, 4.69) is 22.5 Å². The van der Waals surface area contributed by atoms with Gasteiger partial charge in [0.1, 0.15) is 6.61 Å². The van der Waals surface area contributed by atoms with Gasteiger partial charge in [0, 0.05) is 12.6 Å². The summed E-state index contributed by atoms with van der Waals surface area (Å²) in [6.07, 6.45) is 6.20. The number of nitrogens with zero attached hydrogens (tertiary/aromatic N) is 1. The van der Waals surface area contributed by atoms with E-state index in [0.717, 1.165) is 32.5 Å². The van der Waals surface area contributed by atoms with Crippen molar-refractivity contribution in [1.82, 2.24) is 15.5 Å². The number of piperidine rings is 2. The van der Waals surface area contributed by atoms with Gasteiger partial charge in [-0.2, -0.15) is 0 Å². The van der Waals surface area contributed by atoms with Gasteiger partial charge in [-0.3, -0.25) is 4.79 Å². The van der Waals surface area contributed by atoms with Gasteiger partial charge in [0.2, 0.25) is 5.91 Å². The van der Waals surface area contributed by atoms with E-state index < -0.39 is 0 Å². The molecule has 1 atom stereocenters. The highest BCUT2D eigenvalue weighted by Gasteiger charge is 2.17. The van der Waals surface area contributed by atoms with Crippen LogP contribution in [-0.2, 0) is 9.53 Å². The minimum absolute atomic E-state index is 0.0213. The molecule has 116 valence electrons. The molecule has 2 heterocycles.